The zero-order valence-electron chi connectivity index (χ0n) is 10.7. The highest BCUT2D eigenvalue weighted by Gasteiger charge is 2.06. The molecule has 2 N–H and O–H groups in total. The van der Waals surface area contributed by atoms with Gasteiger partial charge < -0.3 is 15.4 Å². The smallest absolute Gasteiger partial charge is 0.238 e. The van der Waals surface area contributed by atoms with Crippen molar-refractivity contribution in [2.24, 2.45) is 0 Å². The van der Waals surface area contributed by atoms with Gasteiger partial charge in [0, 0.05) is 25.4 Å². The zero-order chi connectivity index (χ0) is 13.4. The standard InChI is InChI=1S/C13H19FN2O2/c1-10(6-7-18-2)15-9-13(17)16-12-5-3-4-11(14)8-12/h3-5,8,10,15H,6-7,9H2,1-2H3,(H,16,17). The van der Waals surface area contributed by atoms with Crippen LogP contribution < -0.4 is 10.6 Å². The van der Waals surface area contributed by atoms with Crippen molar-refractivity contribution in [3.8, 4) is 0 Å². The molecule has 1 amide bonds. The minimum atomic E-state index is -0.366. The van der Waals surface area contributed by atoms with Crippen molar-refractivity contribution in [3.63, 3.8) is 0 Å². The van der Waals surface area contributed by atoms with Crippen LogP contribution >= 0.6 is 0 Å². The van der Waals surface area contributed by atoms with Crippen molar-refractivity contribution in [1.82, 2.24) is 5.32 Å². The molecule has 18 heavy (non-hydrogen) atoms. The molecule has 0 saturated heterocycles. The van der Waals surface area contributed by atoms with Crippen LogP contribution in [0.25, 0.3) is 0 Å². The molecule has 1 rings (SSSR count). The van der Waals surface area contributed by atoms with Gasteiger partial charge in [0.25, 0.3) is 0 Å². The molecule has 0 heterocycles. The molecule has 1 atom stereocenters. The van der Waals surface area contributed by atoms with Crippen molar-refractivity contribution >= 4 is 11.6 Å². The summed E-state index contributed by atoms with van der Waals surface area (Å²) in [5, 5.41) is 5.69. The van der Waals surface area contributed by atoms with Gasteiger partial charge in [0.05, 0.1) is 6.54 Å². The number of methoxy groups -OCH3 is 1. The summed E-state index contributed by atoms with van der Waals surface area (Å²) in [6, 6.07) is 6.02. The molecule has 5 heteroatoms. The van der Waals surface area contributed by atoms with Crippen molar-refractivity contribution in [3.05, 3.63) is 30.1 Å². The van der Waals surface area contributed by atoms with E-state index in [4.69, 9.17) is 4.74 Å². The Balaban J connectivity index is 2.29. The van der Waals surface area contributed by atoms with Crippen LogP contribution in [0.2, 0.25) is 0 Å². The predicted octanol–water partition coefficient (Wildman–Crippen LogP) is 1.78. The molecule has 1 aromatic rings. The molecule has 0 aliphatic heterocycles. The number of hydrogen-bond donors (Lipinski definition) is 2. The van der Waals surface area contributed by atoms with E-state index in [0.717, 1.165) is 6.42 Å². The Morgan fingerprint density at radius 2 is 2.28 bits per heavy atom. The second kappa shape index (κ2) is 7.79. The normalized spacial score (nSPS) is 12.2. The van der Waals surface area contributed by atoms with Gasteiger partial charge in [0.15, 0.2) is 0 Å². The van der Waals surface area contributed by atoms with Crippen LogP contribution in [0.15, 0.2) is 24.3 Å². The third kappa shape index (κ3) is 5.75. The predicted molar refractivity (Wildman–Crippen MR) is 69.0 cm³/mol. The maximum absolute atomic E-state index is 12.9. The number of anilines is 1. The molecule has 0 bridgehead atoms. The van der Waals surface area contributed by atoms with Gasteiger partial charge in [-0.25, -0.2) is 4.39 Å². The van der Waals surface area contributed by atoms with Crippen LogP contribution in [0.5, 0.6) is 0 Å². The Kier molecular flexibility index (Phi) is 6.32. The molecule has 0 fully saturated rings. The SMILES string of the molecule is COCCC(C)NCC(=O)Nc1cccc(F)c1. The molecule has 0 spiro atoms. The lowest BCUT2D eigenvalue weighted by Crippen LogP contribution is -2.35. The number of nitrogens with one attached hydrogen (secondary N) is 2. The average Bonchev–Trinajstić information content (AvgIpc) is 2.34. The second-order valence-electron chi connectivity index (χ2n) is 4.12. The first kappa shape index (κ1) is 14.6. The Morgan fingerprint density at radius 3 is 2.94 bits per heavy atom. The summed E-state index contributed by atoms with van der Waals surface area (Å²) >= 11 is 0. The molecule has 0 aliphatic rings. The number of ether oxygens (including phenoxy) is 1. The molecule has 0 radical (unpaired) electrons. The molecule has 100 valence electrons. The third-order valence-electron chi connectivity index (χ3n) is 2.47. The number of carbonyl (C=O) groups is 1. The van der Waals surface area contributed by atoms with E-state index in [1.54, 1.807) is 19.2 Å². The van der Waals surface area contributed by atoms with Gasteiger partial charge in [-0.2, -0.15) is 0 Å². The summed E-state index contributed by atoms with van der Waals surface area (Å²) in [6.45, 7) is 2.83. The summed E-state index contributed by atoms with van der Waals surface area (Å²) < 4.78 is 17.8. The fourth-order valence-corrected chi connectivity index (χ4v) is 1.44. The molecule has 4 nitrogen and oxygen atoms in total. The second-order valence-corrected chi connectivity index (χ2v) is 4.12. The van der Waals surface area contributed by atoms with Crippen LogP contribution in [0.3, 0.4) is 0 Å². The fourth-order valence-electron chi connectivity index (χ4n) is 1.44. The van der Waals surface area contributed by atoms with E-state index in [9.17, 15) is 9.18 Å². The minimum absolute atomic E-state index is 0.190. The molecule has 1 unspecified atom stereocenters. The lowest BCUT2D eigenvalue weighted by atomic mass is 10.2. The Morgan fingerprint density at radius 1 is 1.50 bits per heavy atom. The molecule has 1 aromatic carbocycles. The van der Waals surface area contributed by atoms with Gasteiger partial charge in [0.2, 0.25) is 5.91 Å². The van der Waals surface area contributed by atoms with E-state index in [2.05, 4.69) is 10.6 Å². The summed E-state index contributed by atoms with van der Waals surface area (Å²) in [4.78, 5) is 11.6. The Hall–Kier alpha value is -1.46. The number of amides is 1. The van der Waals surface area contributed by atoms with E-state index >= 15 is 0 Å². The molecular formula is C13H19FN2O2. The van der Waals surface area contributed by atoms with Crippen LogP contribution in [-0.4, -0.2) is 32.2 Å². The maximum atomic E-state index is 12.9. The van der Waals surface area contributed by atoms with Gasteiger partial charge >= 0.3 is 0 Å². The topological polar surface area (TPSA) is 50.4 Å². The highest BCUT2D eigenvalue weighted by Crippen LogP contribution is 2.08. The summed E-state index contributed by atoms with van der Waals surface area (Å²) in [6.07, 6.45) is 0.837. The number of rotatable bonds is 7. The average molecular weight is 254 g/mol. The molecule has 0 aromatic heterocycles. The third-order valence-corrected chi connectivity index (χ3v) is 2.47. The van der Waals surface area contributed by atoms with Crippen LogP contribution in [0, 0.1) is 5.82 Å². The van der Waals surface area contributed by atoms with E-state index in [1.165, 1.54) is 12.1 Å². The lowest BCUT2D eigenvalue weighted by Gasteiger charge is -2.13. The summed E-state index contributed by atoms with van der Waals surface area (Å²) in [5.74, 6) is -0.556. The highest BCUT2D eigenvalue weighted by atomic mass is 19.1. The van der Waals surface area contributed by atoms with Gasteiger partial charge in [-0.05, 0) is 31.5 Å². The van der Waals surface area contributed by atoms with E-state index in [1.807, 2.05) is 6.92 Å². The first-order valence-corrected chi connectivity index (χ1v) is 5.89. The van der Waals surface area contributed by atoms with E-state index in [0.29, 0.717) is 12.3 Å². The van der Waals surface area contributed by atoms with Crippen molar-refractivity contribution in [2.75, 3.05) is 25.6 Å². The molecule has 0 aliphatic carbocycles. The Bertz CT molecular complexity index is 385. The fraction of sp³-hybridized carbons (Fsp3) is 0.462. The number of halogens is 1. The van der Waals surface area contributed by atoms with Crippen LogP contribution in [0.1, 0.15) is 13.3 Å². The van der Waals surface area contributed by atoms with Gasteiger partial charge in [0.1, 0.15) is 5.82 Å². The van der Waals surface area contributed by atoms with E-state index < -0.39 is 0 Å². The first-order valence-electron chi connectivity index (χ1n) is 5.89. The van der Waals surface area contributed by atoms with Crippen molar-refractivity contribution in [2.45, 2.75) is 19.4 Å². The number of carbonyl (C=O) groups excluding carboxylic acids is 1. The largest absolute Gasteiger partial charge is 0.385 e. The first-order chi connectivity index (χ1) is 8.61. The zero-order valence-corrected chi connectivity index (χ0v) is 10.7. The minimum Gasteiger partial charge on any atom is -0.385 e. The van der Waals surface area contributed by atoms with Crippen molar-refractivity contribution < 1.29 is 13.9 Å². The monoisotopic (exact) mass is 254 g/mol. The summed E-state index contributed by atoms with van der Waals surface area (Å²) in [5.41, 5.74) is 0.464. The van der Waals surface area contributed by atoms with E-state index in [-0.39, 0.29) is 24.3 Å². The molecular weight excluding hydrogens is 235 g/mol. The maximum Gasteiger partial charge on any atom is 0.238 e. The van der Waals surface area contributed by atoms with Gasteiger partial charge in [-0.3, -0.25) is 4.79 Å². The summed E-state index contributed by atoms with van der Waals surface area (Å²) in [7, 11) is 1.64. The number of hydrogen-bond acceptors (Lipinski definition) is 3. The number of benzene rings is 1. The molecule has 0 saturated carbocycles. The van der Waals surface area contributed by atoms with Gasteiger partial charge in [-0.15, -0.1) is 0 Å². The van der Waals surface area contributed by atoms with Crippen molar-refractivity contribution in [1.29, 1.82) is 0 Å². The van der Waals surface area contributed by atoms with Crippen LogP contribution in [-0.2, 0) is 9.53 Å². The lowest BCUT2D eigenvalue weighted by molar-refractivity contribution is -0.115. The Labute approximate surface area is 107 Å². The highest BCUT2D eigenvalue weighted by molar-refractivity contribution is 5.92. The van der Waals surface area contributed by atoms with Gasteiger partial charge in [-0.1, -0.05) is 6.07 Å². The quantitative estimate of drug-likeness (QED) is 0.780. The van der Waals surface area contributed by atoms with Crippen LogP contribution in [0.4, 0.5) is 10.1 Å².